The van der Waals surface area contributed by atoms with Crippen LogP contribution in [-0.2, 0) is 42.2 Å². The normalized spacial score (nSPS) is 20.5. The number of nitrogens with zero attached hydrogens (tertiary/aromatic N) is 1. The third-order valence-corrected chi connectivity index (χ3v) is 11.1. The first-order valence-electron chi connectivity index (χ1n) is 21.8. The highest BCUT2D eigenvalue weighted by Crippen LogP contribution is 2.38. The van der Waals surface area contributed by atoms with Gasteiger partial charge in [0.15, 0.2) is 11.9 Å². The summed E-state index contributed by atoms with van der Waals surface area (Å²) in [6.07, 6.45) is 31.1. The smallest absolute Gasteiger partial charge is 0.306 e. The highest BCUT2D eigenvalue weighted by Gasteiger charge is 2.38. The molecule has 0 saturated carbocycles. The summed E-state index contributed by atoms with van der Waals surface area (Å²) >= 11 is 0. The summed E-state index contributed by atoms with van der Waals surface area (Å²) in [6, 6.07) is 0. The zero-order valence-electron chi connectivity index (χ0n) is 35.6. The number of esters is 2. The van der Waals surface area contributed by atoms with E-state index in [1.807, 2.05) is 45.4 Å². The van der Waals surface area contributed by atoms with Gasteiger partial charge in [0.25, 0.3) is 7.82 Å². The lowest BCUT2D eigenvalue weighted by Gasteiger charge is -2.28. The molecule has 1 aliphatic heterocycles. The first-order chi connectivity index (χ1) is 26.8. The molecular formula is C44H76NO10P. The minimum atomic E-state index is -4.67. The fourth-order valence-corrected chi connectivity index (χ4v) is 7.30. The fraction of sp³-hybridized carbons (Fsp3) is 0.795. The van der Waals surface area contributed by atoms with Gasteiger partial charge in [0.1, 0.15) is 25.9 Å². The van der Waals surface area contributed by atoms with Crippen molar-refractivity contribution < 1.29 is 51.6 Å². The number of ether oxygens (including phenoxy) is 3. The maximum Gasteiger partial charge on any atom is 0.306 e. The van der Waals surface area contributed by atoms with Crippen molar-refractivity contribution in [3.8, 4) is 0 Å². The van der Waals surface area contributed by atoms with Crippen LogP contribution in [-0.4, -0.2) is 88.0 Å². The number of epoxide rings is 1. The van der Waals surface area contributed by atoms with Crippen molar-refractivity contribution in [2.24, 2.45) is 5.92 Å². The molecular weight excluding hydrogens is 733 g/mol. The zero-order valence-corrected chi connectivity index (χ0v) is 36.5. The van der Waals surface area contributed by atoms with Gasteiger partial charge in [-0.15, -0.1) is 0 Å². The number of rotatable bonds is 35. The number of carbonyl (C=O) groups excluding carboxylic acids is 3. The topological polar surface area (TPSA) is 141 Å². The van der Waals surface area contributed by atoms with Crippen molar-refractivity contribution in [2.45, 2.75) is 173 Å². The molecule has 5 atom stereocenters. The maximum absolute atomic E-state index is 12.8. The maximum atomic E-state index is 12.8. The number of quaternary nitrogens is 1. The molecule has 0 N–H and O–H groups in total. The number of likely N-dealkylation sites (N-methyl/N-ethyl adjacent to an activating group) is 1. The highest BCUT2D eigenvalue weighted by atomic mass is 31.2. The molecule has 0 bridgehead atoms. The van der Waals surface area contributed by atoms with Crippen molar-refractivity contribution in [1.82, 2.24) is 0 Å². The van der Waals surface area contributed by atoms with E-state index >= 15 is 0 Å². The number of phosphoric ester groups is 1. The van der Waals surface area contributed by atoms with Crippen LogP contribution < -0.4 is 4.89 Å². The Hall–Kier alpha value is -2.14. The summed E-state index contributed by atoms with van der Waals surface area (Å²) < 4.78 is 39.6. The van der Waals surface area contributed by atoms with Gasteiger partial charge < -0.3 is 32.6 Å². The third-order valence-electron chi connectivity index (χ3n) is 10.2. The minimum absolute atomic E-state index is 0.0192. The number of unbranched alkanes of at least 4 members (excludes halogenated alkanes) is 15. The Kier molecular flexibility index (Phi) is 26.0. The van der Waals surface area contributed by atoms with Gasteiger partial charge in [-0.3, -0.25) is 18.9 Å². The molecule has 1 heterocycles. The third kappa shape index (κ3) is 25.3. The standard InChI is InChI=1S/C44H76NO10P/c1-6-8-10-11-12-13-14-15-16-17-18-19-24-28-43(47)51-35-38(36-53-56(49,50)52-33-32-45(3,4)5)54-44(48)29-25-21-20-23-26-37-30-31-40(46)39(37)34-42-41(55-42)27-22-9-7-2/h20,23,30-31,34,37-38,41-42H,6-19,21-22,24-29,32-33,35-36H2,1-5H3/b23-20-,39-34+/t37-,38+,41+,42+/m0/s1. The molecule has 11 nitrogen and oxygen atoms in total. The molecule has 322 valence electrons. The number of hydrogen-bond acceptors (Lipinski definition) is 10. The van der Waals surface area contributed by atoms with Crippen LogP contribution in [0.5, 0.6) is 0 Å². The molecule has 1 unspecified atom stereocenters. The van der Waals surface area contributed by atoms with E-state index in [2.05, 4.69) is 13.8 Å². The van der Waals surface area contributed by atoms with Crippen molar-refractivity contribution in [3.63, 3.8) is 0 Å². The first kappa shape index (κ1) is 50.0. The Morgan fingerprint density at radius 3 is 2.07 bits per heavy atom. The fourth-order valence-electron chi connectivity index (χ4n) is 6.57. The van der Waals surface area contributed by atoms with Crippen LogP contribution >= 0.6 is 7.82 Å². The van der Waals surface area contributed by atoms with Crippen LogP contribution in [0.1, 0.15) is 155 Å². The van der Waals surface area contributed by atoms with E-state index < -0.39 is 32.5 Å². The Bertz CT molecular complexity index is 1260. The number of phosphoric acid groups is 1. The molecule has 2 rings (SSSR count). The molecule has 56 heavy (non-hydrogen) atoms. The Morgan fingerprint density at radius 2 is 1.43 bits per heavy atom. The number of allylic oxidation sites excluding steroid dienone is 5. The summed E-state index contributed by atoms with van der Waals surface area (Å²) in [5.74, 6) is -0.900. The van der Waals surface area contributed by atoms with E-state index in [4.69, 9.17) is 23.3 Å². The number of hydrogen-bond donors (Lipinski definition) is 0. The summed E-state index contributed by atoms with van der Waals surface area (Å²) in [6.45, 7) is 3.98. The highest BCUT2D eigenvalue weighted by molar-refractivity contribution is 7.45. The average Bonchev–Trinajstić information content (AvgIpc) is 3.80. The molecule has 12 heteroatoms. The Labute approximate surface area is 339 Å². The van der Waals surface area contributed by atoms with E-state index in [9.17, 15) is 23.8 Å². The quantitative estimate of drug-likeness (QED) is 0.0116. The molecule has 0 amide bonds. The Morgan fingerprint density at radius 1 is 0.821 bits per heavy atom. The summed E-state index contributed by atoms with van der Waals surface area (Å²) in [7, 11) is 1.07. The monoisotopic (exact) mass is 810 g/mol. The van der Waals surface area contributed by atoms with E-state index in [0.717, 1.165) is 37.7 Å². The van der Waals surface area contributed by atoms with Gasteiger partial charge in [-0.1, -0.05) is 128 Å². The van der Waals surface area contributed by atoms with E-state index in [0.29, 0.717) is 36.7 Å². The molecule has 1 aliphatic carbocycles. The van der Waals surface area contributed by atoms with Gasteiger partial charge in [0.2, 0.25) is 0 Å². The number of carbonyl (C=O) groups is 3. The predicted molar refractivity (Wildman–Crippen MR) is 220 cm³/mol. The van der Waals surface area contributed by atoms with Crippen LogP contribution in [0.4, 0.5) is 0 Å². The molecule has 1 fully saturated rings. The largest absolute Gasteiger partial charge is 0.756 e. The summed E-state index contributed by atoms with van der Waals surface area (Å²) in [5.41, 5.74) is 0.793. The van der Waals surface area contributed by atoms with Gasteiger partial charge in [-0.2, -0.15) is 0 Å². The molecule has 0 radical (unpaired) electrons. The second-order valence-electron chi connectivity index (χ2n) is 16.6. The number of ketones is 1. The zero-order chi connectivity index (χ0) is 41.1. The van der Waals surface area contributed by atoms with Crippen molar-refractivity contribution in [1.29, 1.82) is 0 Å². The lowest BCUT2D eigenvalue weighted by Crippen LogP contribution is -2.37. The second kappa shape index (κ2) is 29.1. The molecule has 0 aromatic carbocycles. The van der Waals surface area contributed by atoms with E-state index in [1.54, 1.807) is 6.08 Å². The average molecular weight is 810 g/mol. The summed E-state index contributed by atoms with van der Waals surface area (Å²) in [4.78, 5) is 50.1. The van der Waals surface area contributed by atoms with Crippen molar-refractivity contribution >= 4 is 25.5 Å². The van der Waals surface area contributed by atoms with E-state index in [1.165, 1.54) is 70.6 Å². The van der Waals surface area contributed by atoms with Gasteiger partial charge in [0, 0.05) is 24.3 Å². The van der Waals surface area contributed by atoms with E-state index in [-0.39, 0.29) is 50.0 Å². The van der Waals surface area contributed by atoms with Gasteiger partial charge >= 0.3 is 11.9 Å². The molecule has 0 spiro atoms. The lowest BCUT2D eigenvalue weighted by atomic mass is 9.96. The van der Waals surface area contributed by atoms with Gasteiger partial charge in [-0.25, -0.2) is 0 Å². The van der Waals surface area contributed by atoms with Crippen LogP contribution in [0.25, 0.3) is 0 Å². The van der Waals surface area contributed by atoms with Crippen LogP contribution in [0, 0.1) is 5.92 Å². The molecule has 2 aliphatic rings. The molecule has 1 saturated heterocycles. The van der Waals surface area contributed by atoms with Crippen LogP contribution in [0.3, 0.4) is 0 Å². The minimum Gasteiger partial charge on any atom is -0.756 e. The molecule has 0 aromatic rings. The van der Waals surface area contributed by atoms with Gasteiger partial charge in [0.05, 0.1) is 33.9 Å². The summed E-state index contributed by atoms with van der Waals surface area (Å²) in [5, 5.41) is 0. The van der Waals surface area contributed by atoms with Gasteiger partial charge in [-0.05, 0) is 44.3 Å². The Balaban J connectivity index is 1.72. The van der Waals surface area contributed by atoms with Crippen molar-refractivity contribution in [3.05, 3.63) is 36.0 Å². The predicted octanol–water partition coefficient (Wildman–Crippen LogP) is 9.28. The second-order valence-corrected chi connectivity index (χ2v) is 18.0. The van der Waals surface area contributed by atoms with Crippen LogP contribution in [0.15, 0.2) is 36.0 Å². The van der Waals surface area contributed by atoms with Crippen LogP contribution in [0.2, 0.25) is 0 Å². The first-order valence-corrected chi connectivity index (χ1v) is 23.3. The molecule has 0 aromatic heterocycles. The SMILES string of the molecule is CCCCCCCCCCCCCCCC(=O)OC[C@H](COP(=O)([O-])OCC[N+](C)(C)C)OC(=O)CCC/C=C\C[C@H]1C=CC(=O)/C1=C/[C@H]1O[C@@H]1CCCCC. The van der Waals surface area contributed by atoms with Crippen molar-refractivity contribution in [2.75, 3.05) is 47.5 Å². The lowest BCUT2D eigenvalue weighted by molar-refractivity contribution is -0.870.